The molecule has 0 N–H and O–H groups in total. The lowest BCUT2D eigenvalue weighted by Gasteiger charge is -2.42. The quantitative estimate of drug-likeness (QED) is 0.666. The Morgan fingerprint density at radius 1 is 0.938 bits per heavy atom. The van der Waals surface area contributed by atoms with Crippen molar-refractivity contribution in [2.75, 3.05) is 33.2 Å². The first-order valence-corrected chi connectivity index (χ1v) is 13.9. The van der Waals surface area contributed by atoms with Crippen molar-refractivity contribution in [1.82, 2.24) is 14.1 Å². The third-order valence-electron chi connectivity index (χ3n) is 7.90. The van der Waals surface area contributed by atoms with Gasteiger partial charge in [-0.2, -0.15) is 4.31 Å². The Labute approximate surface area is 194 Å². The molecule has 2 saturated heterocycles. The summed E-state index contributed by atoms with van der Waals surface area (Å²) in [4.78, 5) is 17.9. The molecule has 32 heavy (non-hydrogen) atoms. The second kappa shape index (κ2) is 10.2. The van der Waals surface area contributed by atoms with E-state index in [2.05, 4.69) is 11.8 Å². The highest BCUT2D eigenvalue weighted by atomic mass is 32.2. The van der Waals surface area contributed by atoms with Gasteiger partial charge in [0.2, 0.25) is 10.0 Å². The van der Waals surface area contributed by atoms with Crippen LogP contribution in [0.5, 0.6) is 0 Å². The van der Waals surface area contributed by atoms with Crippen LogP contribution < -0.4 is 0 Å². The molecule has 0 unspecified atom stereocenters. The number of sulfonamides is 1. The molecule has 0 atom stereocenters. The van der Waals surface area contributed by atoms with E-state index in [1.807, 2.05) is 11.9 Å². The number of carbonyl (C=O) groups is 1. The number of carbonyl (C=O) groups excluding carboxylic acids is 1. The monoisotopic (exact) mass is 461 g/mol. The van der Waals surface area contributed by atoms with Crippen molar-refractivity contribution in [3.05, 3.63) is 29.8 Å². The van der Waals surface area contributed by atoms with E-state index in [0.717, 1.165) is 51.1 Å². The number of nitrogens with zero attached hydrogens (tertiary/aromatic N) is 3. The van der Waals surface area contributed by atoms with Crippen molar-refractivity contribution in [3.63, 3.8) is 0 Å². The highest BCUT2D eigenvalue weighted by Gasteiger charge is 2.31. The molecule has 0 bridgehead atoms. The summed E-state index contributed by atoms with van der Waals surface area (Å²) in [6.45, 7) is 5.59. The Bertz CT molecular complexity index is 881. The molecule has 178 valence electrons. The van der Waals surface area contributed by atoms with Gasteiger partial charge in [-0.1, -0.05) is 19.4 Å². The molecule has 1 aromatic carbocycles. The first-order valence-electron chi connectivity index (χ1n) is 12.5. The molecular formula is C25H39N3O3S. The highest BCUT2D eigenvalue weighted by Crippen LogP contribution is 2.30. The van der Waals surface area contributed by atoms with Crippen molar-refractivity contribution in [1.29, 1.82) is 0 Å². The molecule has 2 aliphatic heterocycles. The van der Waals surface area contributed by atoms with Gasteiger partial charge in [0.15, 0.2) is 0 Å². The summed E-state index contributed by atoms with van der Waals surface area (Å²) in [5.74, 6) is 0.785. The van der Waals surface area contributed by atoms with Gasteiger partial charge in [0.1, 0.15) is 0 Å². The zero-order valence-corrected chi connectivity index (χ0v) is 20.5. The van der Waals surface area contributed by atoms with Gasteiger partial charge in [0.25, 0.3) is 5.91 Å². The van der Waals surface area contributed by atoms with Gasteiger partial charge in [-0.3, -0.25) is 4.79 Å². The minimum absolute atomic E-state index is 0.0781. The lowest BCUT2D eigenvalue weighted by molar-refractivity contribution is 0.0539. The van der Waals surface area contributed by atoms with Crippen LogP contribution in [0.1, 0.15) is 75.1 Å². The van der Waals surface area contributed by atoms with Gasteiger partial charge in [0.05, 0.1) is 4.90 Å². The molecule has 2 heterocycles. The molecule has 1 saturated carbocycles. The molecule has 1 aliphatic carbocycles. The van der Waals surface area contributed by atoms with E-state index in [4.69, 9.17) is 0 Å². The van der Waals surface area contributed by atoms with Crippen LogP contribution in [0.4, 0.5) is 0 Å². The first-order chi connectivity index (χ1) is 15.4. The minimum atomic E-state index is -3.54. The summed E-state index contributed by atoms with van der Waals surface area (Å²) in [7, 11) is -1.66. The fraction of sp³-hybridized carbons (Fsp3) is 0.720. The highest BCUT2D eigenvalue weighted by molar-refractivity contribution is 7.89. The summed E-state index contributed by atoms with van der Waals surface area (Å²) >= 11 is 0. The molecule has 3 fully saturated rings. The molecule has 3 aliphatic rings. The van der Waals surface area contributed by atoms with E-state index in [9.17, 15) is 13.2 Å². The van der Waals surface area contributed by atoms with Crippen molar-refractivity contribution >= 4 is 15.9 Å². The Kier molecular flexibility index (Phi) is 7.58. The molecule has 0 aromatic heterocycles. The van der Waals surface area contributed by atoms with E-state index in [1.54, 1.807) is 28.6 Å². The number of rotatable bonds is 5. The second-order valence-corrected chi connectivity index (χ2v) is 12.0. The SMILES string of the molecule is CC1CCC(N2CCC(N(C)C(=O)c3cccc(S(=O)(=O)N4CCCCC4)c3)CC2)CC1. The topological polar surface area (TPSA) is 60.9 Å². The summed E-state index contributed by atoms with van der Waals surface area (Å²) in [5, 5.41) is 0. The second-order valence-electron chi connectivity index (χ2n) is 10.1. The van der Waals surface area contributed by atoms with Gasteiger partial charge < -0.3 is 9.80 Å². The number of hydrogen-bond acceptors (Lipinski definition) is 4. The number of amides is 1. The lowest BCUT2D eigenvalue weighted by atomic mass is 9.85. The van der Waals surface area contributed by atoms with Crippen LogP contribution in [0.3, 0.4) is 0 Å². The Morgan fingerprint density at radius 3 is 2.25 bits per heavy atom. The van der Waals surface area contributed by atoms with Gasteiger partial charge in [-0.05, 0) is 75.5 Å². The maximum Gasteiger partial charge on any atom is 0.253 e. The smallest absolute Gasteiger partial charge is 0.253 e. The Hall–Kier alpha value is -1.44. The molecule has 7 heteroatoms. The fourth-order valence-corrected chi connectivity index (χ4v) is 7.22. The zero-order chi connectivity index (χ0) is 22.7. The molecule has 1 amide bonds. The van der Waals surface area contributed by atoms with Crippen LogP contribution in [0.25, 0.3) is 0 Å². The average molecular weight is 462 g/mol. The first kappa shape index (κ1) is 23.7. The maximum atomic E-state index is 13.2. The predicted octanol–water partition coefficient (Wildman–Crippen LogP) is 3.98. The summed E-state index contributed by atoms with van der Waals surface area (Å²) in [5.41, 5.74) is 0.467. The van der Waals surface area contributed by atoms with E-state index in [-0.39, 0.29) is 16.8 Å². The van der Waals surface area contributed by atoms with Crippen molar-refractivity contribution < 1.29 is 13.2 Å². The summed E-state index contributed by atoms with van der Waals surface area (Å²) < 4.78 is 27.6. The summed E-state index contributed by atoms with van der Waals surface area (Å²) in [6.07, 6.45) is 10.1. The molecule has 6 nitrogen and oxygen atoms in total. The van der Waals surface area contributed by atoms with Crippen LogP contribution in [0, 0.1) is 5.92 Å². The van der Waals surface area contributed by atoms with E-state index in [1.165, 1.54) is 25.7 Å². The van der Waals surface area contributed by atoms with Crippen molar-refractivity contribution in [2.24, 2.45) is 5.92 Å². The number of likely N-dealkylation sites (tertiary alicyclic amines) is 1. The summed E-state index contributed by atoms with van der Waals surface area (Å²) in [6, 6.07) is 7.55. The molecule has 1 aromatic rings. The van der Waals surface area contributed by atoms with E-state index < -0.39 is 10.0 Å². The molecule has 0 radical (unpaired) electrons. The minimum Gasteiger partial charge on any atom is -0.339 e. The zero-order valence-electron chi connectivity index (χ0n) is 19.7. The average Bonchev–Trinajstić information content (AvgIpc) is 2.84. The van der Waals surface area contributed by atoms with Crippen LogP contribution >= 0.6 is 0 Å². The van der Waals surface area contributed by atoms with Crippen LogP contribution in [-0.4, -0.2) is 73.7 Å². The third-order valence-corrected chi connectivity index (χ3v) is 9.80. The normalized spacial score (nSPS) is 26.7. The van der Waals surface area contributed by atoms with Crippen LogP contribution in [-0.2, 0) is 10.0 Å². The van der Waals surface area contributed by atoms with Crippen molar-refractivity contribution in [3.8, 4) is 0 Å². The van der Waals surface area contributed by atoms with Crippen molar-refractivity contribution in [2.45, 2.75) is 81.7 Å². The third kappa shape index (κ3) is 5.20. The Balaban J connectivity index is 1.37. The number of piperidine rings is 2. The molecule has 4 rings (SSSR count). The van der Waals surface area contributed by atoms with Gasteiger partial charge in [-0.15, -0.1) is 0 Å². The van der Waals surface area contributed by atoms with E-state index in [0.29, 0.717) is 24.7 Å². The lowest BCUT2D eigenvalue weighted by Crippen LogP contribution is -2.49. The van der Waals surface area contributed by atoms with Gasteiger partial charge >= 0.3 is 0 Å². The fourth-order valence-electron chi connectivity index (χ4n) is 5.66. The largest absolute Gasteiger partial charge is 0.339 e. The standard InChI is InChI=1S/C25H39N3O3S/c1-20-9-11-23(12-10-20)27-17-13-22(14-18-27)26(2)25(29)21-7-6-8-24(19-21)32(30,31)28-15-4-3-5-16-28/h6-8,19-20,22-23H,3-5,9-18H2,1-2H3. The molecular weight excluding hydrogens is 422 g/mol. The number of benzene rings is 1. The van der Waals surface area contributed by atoms with Crippen LogP contribution in [0.15, 0.2) is 29.2 Å². The van der Waals surface area contributed by atoms with Gasteiger partial charge in [-0.25, -0.2) is 8.42 Å². The number of hydrogen-bond donors (Lipinski definition) is 0. The predicted molar refractivity (Wildman–Crippen MR) is 127 cm³/mol. The van der Waals surface area contributed by atoms with Gasteiger partial charge in [0, 0.05) is 50.9 Å². The van der Waals surface area contributed by atoms with Crippen LogP contribution in [0.2, 0.25) is 0 Å². The molecule has 0 spiro atoms. The van der Waals surface area contributed by atoms with E-state index >= 15 is 0 Å². The maximum absolute atomic E-state index is 13.2. The Morgan fingerprint density at radius 2 is 1.59 bits per heavy atom.